The SMILES string of the molecule is CS(=O)(=O)c1cccc(Cl)c1CNCc1nn[nH]n1. The molecule has 7 nitrogen and oxygen atoms in total. The normalized spacial score (nSPS) is 11.7. The first-order valence-corrected chi connectivity index (χ1v) is 7.66. The summed E-state index contributed by atoms with van der Waals surface area (Å²) in [6, 6.07) is 4.80. The fraction of sp³-hybridized carbons (Fsp3) is 0.300. The monoisotopic (exact) mass is 301 g/mol. The van der Waals surface area contributed by atoms with Gasteiger partial charge in [0.15, 0.2) is 15.7 Å². The number of aromatic nitrogens is 4. The van der Waals surface area contributed by atoms with Crippen molar-refractivity contribution in [3.8, 4) is 0 Å². The number of aromatic amines is 1. The summed E-state index contributed by atoms with van der Waals surface area (Å²) in [7, 11) is -3.31. The predicted molar refractivity (Wildman–Crippen MR) is 69.3 cm³/mol. The summed E-state index contributed by atoms with van der Waals surface area (Å²) in [6.07, 6.45) is 1.15. The van der Waals surface area contributed by atoms with Crippen LogP contribution in [-0.4, -0.2) is 35.3 Å². The smallest absolute Gasteiger partial charge is 0.188 e. The van der Waals surface area contributed by atoms with Gasteiger partial charge in [-0.15, -0.1) is 10.2 Å². The van der Waals surface area contributed by atoms with Gasteiger partial charge in [0.2, 0.25) is 0 Å². The molecule has 1 heterocycles. The van der Waals surface area contributed by atoms with Crippen LogP contribution in [-0.2, 0) is 22.9 Å². The maximum atomic E-state index is 11.7. The highest BCUT2D eigenvalue weighted by molar-refractivity contribution is 7.90. The van der Waals surface area contributed by atoms with Crippen LogP contribution in [0.4, 0.5) is 0 Å². The molecule has 1 aromatic carbocycles. The van der Waals surface area contributed by atoms with Crippen molar-refractivity contribution < 1.29 is 8.42 Å². The number of benzene rings is 1. The van der Waals surface area contributed by atoms with Crippen LogP contribution >= 0.6 is 11.6 Å². The number of hydrogen-bond acceptors (Lipinski definition) is 6. The third-order valence-electron chi connectivity index (χ3n) is 2.45. The highest BCUT2D eigenvalue weighted by Crippen LogP contribution is 2.23. The van der Waals surface area contributed by atoms with E-state index >= 15 is 0 Å². The number of nitrogens with zero attached hydrogens (tertiary/aromatic N) is 3. The molecule has 2 aromatic rings. The highest BCUT2D eigenvalue weighted by atomic mass is 35.5. The molecule has 0 aliphatic heterocycles. The van der Waals surface area contributed by atoms with Crippen molar-refractivity contribution in [2.24, 2.45) is 0 Å². The Balaban J connectivity index is 2.15. The fourth-order valence-electron chi connectivity index (χ4n) is 1.61. The average Bonchev–Trinajstić information content (AvgIpc) is 2.82. The number of halogens is 1. The lowest BCUT2D eigenvalue weighted by Crippen LogP contribution is -2.16. The minimum Gasteiger partial charge on any atom is -0.306 e. The summed E-state index contributed by atoms with van der Waals surface area (Å²) in [4.78, 5) is 0.223. The van der Waals surface area contributed by atoms with E-state index in [1.54, 1.807) is 12.1 Å². The molecule has 0 amide bonds. The number of tetrazole rings is 1. The maximum Gasteiger partial charge on any atom is 0.188 e. The number of rotatable bonds is 5. The van der Waals surface area contributed by atoms with Gasteiger partial charge in [0.05, 0.1) is 11.4 Å². The van der Waals surface area contributed by atoms with Crippen LogP contribution in [0.1, 0.15) is 11.4 Å². The molecule has 0 bridgehead atoms. The van der Waals surface area contributed by atoms with Crippen molar-refractivity contribution in [2.75, 3.05) is 6.26 Å². The van der Waals surface area contributed by atoms with Crippen LogP contribution < -0.4 is 5.32 Å². The minimum atomic E-state index is -3.31. The second-order valence-electron chi connectivity index (χ2n) is 3.92. The van der Waals surface area contributed by atoms with Crippen molar-refractivity contribution in [1.29, 1.82) is 0 Å². The molecular formula is C10H12ClN5O2S. The highest BCUT2D eigenvalue weighted by Gasteiger charge is 2.15. The summed E-state index contributed by atoms with van der Waals surface area (Å²) in [5, 5.41) is 16.7. The van der Waals surface area contributed by atoms with E-state index in [1.807, 2.05) is 0 Å². The first-order chi connectivity index (χ1) is 8.98. The molecule has 0 spiro atoms. The average molecular weight is 302 g/mol. The summed E-state index contributed by atoms with van der Waals surface area (Å²) in [6.45, 7) is 0.668. The van der Waals surface area contributed by atoms with Crippen molar-refractivity contribution in [3.05, 3.63) is 34.6 Å². The van der Waals surface area contributed by atoms with Crippen molar-refractivity contribution in [2.45, 2.75) is 18.0 Å². The Labute approximate surface area is 115 Å². The van der Waals surface area contributed by atoms with E-state index < -0.39 is 9.84 Å². The molecule has 0 saturated carbocycles. The first-order valence-electron chi connectivity index (χ1n) is 5.39. The van der Waals surface area contributed by atoms with E-state index in [1.165, 1.54) is 6.07 Å². The van der Waals surface area contributed by atoms with Crippen molar-refractivity contribution >= 4 is 21.4 Å². The number of hydrogen-bond donors (Lipinski definition) is 2. The molecule has 0 atom stereocenters. The third-order valence-corrected chi connectivity index (χ3v) is 3.98. The molecule has 2 N–H and O–H groups in total. The zero-order valence-electron chi connectivity index (χ0n) is 10.1. The van der Waals surface area contributed by atoms with Gasteiger partial charge in [-0.25, -0.2) is 8.42 Å². The molecule has 0 fully saturated rings. The number of sulfone groups is 1. The zero-order valence-corrected chi connectivity index (χ0v) is 11.7. The Kier molecular flexibility index (Phi) is 4.13. The second-order valence-corrected chi connectivity index (χ2v) is 6.31. The quantitative estimate of drug-likeness (QED) is 0.836. The van der Waals surface area contributed by atoms with Gasteiger partial charge in [-0.1, -0.05) is 22.9 Å². The van der Waals surface area contributed by atoms with Gasteiger partial charge >= 0.3 is 0 Å². The summed E-state index contributed by atoms with van der Waals surface area (Å²) < 4.78 is 23.3. The lowest BCUT2D eigenvalue weighted by atomic mass is 10.2. The third kappa shape index (κ3) is 3.49. The number of H-pyrrole nitrogens is 1. The molecule has 0 unspecified atom stereocenters. The largest absolute Gasteiger partial charge is 0.306 e. The lowest BCUT2D eigenvalue weighted by molar-refractivity contribution is 0.597. The zero-order chi connectivity index (χ0) is 13.9. The van der Waals surface area contributed by atoms with E-state index in [-0.39, 0.29) is 4.90 Å². The van der Waals surface area contributed by atoms with E-state index in [0.29, 0.717) is 29.5 Å². The Morgan fingerprint density at radius 1 is 1.37 bits per heavy atom. The molecule has 0 radical (unpaired) electrons. The van der Waals surface area contributed by atoms with E-state index in [0.717, 1.165) is 6.26 Å². The Morgan fingerprint density at radius 3 is 2.79 bits per heavy atom. The molecule has 102 valence electrons. The first kappa shape index (κ1) is 13.9. The van der Waals surface area contributed by atoms with Gasteiger partial charge in [0, 0.05) is 23.4 Å². The van der Waals surface area contributed by atoms with Gasteiger partial charge < -0.3 is 5.32 Å². The van der Waals surface area contributed by atoms with Crippen molar-refractivity contribution in [1.82, 2.24) is 25.9 Å². The molecule has 0 saturated heterocycles. The fourth-order valence-corrected chi connectivity index (χ4v) is 2.87. The Bertz CT molecular complexity index is 657. The topological polar surface area (TPSA) is 101 Å². The molecule has 0 aliphatic rings. The van der Waals surface area contributed by atoms with Gasteiger partial charge in [-0.05, 0) is 12.1 Å². The van der Waals surface area contributed by atoms with Crippen LogP contribution in [0.3, 0.4) is 0 Å². The molecule has 19 heavy (non-hydrogen) atoms. The van der Waals surface area contributed by atoms with Crippen LogP contribution in [0.15, 0.2) is 23.1 Å². The van der Waals surface area contributed by atoms with Crippen LogP contribution in [0.5, 0.6) is 0 Å². The van der Waals surface area contributed by atoms with E-state index in [9.17, 15) is 8.42 Å². The molecule has 1 aromatic heterocycles. The lowest BCUT2D eigenvalue weighted by Gasteiger charge is -2.10. The number of nitrogens with one attached hydrogen (secondary N) is 2. The summed E-state index contributed by atoms with van der Waals surface area (Å²) >= 11 is 6.04. The van der Waals surface area contributed by atoms with E-state index in [2.05, 4.69) is 25.9 Å². The molecule has 9 heteroatoms. The van der Waals surface area contributed by atoms with Gasteiger partial charge in [-0.2, -0.15) is 5.21 Å². The van der Waals surface area contributed by atoms with E-state index in [4.69, 9.17) is 11.6 Å². The Morgan fingerprint density at radius 2 is 2.16 bits per heavy atom. The predicted octanol–water partition coefficient (Wildman–Crippen LogP) is 0.546. The van der Waals surface area contributed by atoms with Gasteiger partial charge in [0.25, 0.3) is 0 Å². The van der Waals surface area contributed by atoms with Crippen LogP contribution in [0.2, 0.25) is 5.02 Å². The second kappa shape index (κ2) is 5.64. The van der Waals surface area contributed by atoms with Crippen LogP contribution in [0, 0.1) is 0 Å². The standard InChI is InChI=1S/C10H12ClN5O2S/c1-19(17,18)9-4-2-3-8(11)7(9)5-12-6-10-13-15-16-14-10/h2-4,12H,5-6H2,1H3,(H,13,14,15,16). The summed E-state index contributed by atoms with van der Waals surface area (Å²) in [5.74, 6) is 0.493. The van der Waals surface area contributed by atoms with Gasteiger partial charge in [0.1, 0.15) is 0 Å². The molecule has 0 aliphatic carbocycles. The summed E-state index contributed by atoms with van der Waals surface area (Å²) in [5.41, 5.74) is 0.537. The molecule has 2 rings (SSSR count). The maximum absolute atomic E-state index is 11.7. The minimum absolute atomic E-state index is 0.223. The van der Waals surface area contributed by atoms with Crippen molar-refractivity contribution in [3.63, 3.8) is 0 Å². The van der Waals surface area contributed by atoms with Gasteiger partial charge in [-0.3, -0.25) is 0 Å². The van der Waals surface area contributed by atoms with Crippen LogP contribution in [0.25, 0.3) is 0 Å². The molecular weight excluding hydrogens is 290 g/mol. The Hall–Kier alpha value is -1.51.